The first-order valence-electron chi connectivity index (χ1n) is 11.4. The fourth-order valence-corrected chi connectivity index (χ4v) is 4.38. The molecule has 0 unspecified atom stereocenters. The molecule has 10 heteroatoms. The predicted molar refractivity (Wildman–Crippen MR) is 138 cm³/mol. The molecular weight excluding hydrogens is 450 g/mol. The minimum absolute atomic E-state index is 0.102. The highest BCUT2D eigenvalue weighted by Gasteiger charge is 2.22. The molecule has 0 radical (unpaired) electrons. The van der Waals surface area contributed by atoms with Gasteiger partial charge in [0.25, 0.3) is 0 Å². The van der Waals surface area contributed by atoms with Crippen LogP contribution in [0.15, 0.2) is 51.1 Å². The van der Waals surface area contributed by atoms with Crippen LogP contribution < -0.4 is 26.4 Å². The molecule has 1 fully saturated rings. The number of carbonyl (C=O) groups is 1. The minimum atomic E-state index is 0.102. The average molecular weight is 484 g/mol. The summed E-state index contributed by atoms with van der Waals surface area (Å²) < 4.78 is 5.80. The molecule has 1 aromatic heterocycles. The number of nitrogens with zero attached hydrogens (tertiary/aromatic N) is 4. The zero-order valence-corrected chi connectivity index (χ0v) is 21.0. The van der Waals surface area contributed by atoms with Gasteiger partial charge in [0.05, 0.1) is 6.61 Å². The van der Waals surface area contributed by atoms with E-state index in [-0.39, 0.29) is 17.7 Å². The number of aromatic nitrogens is 2. The predicted octanol–water partition coefficient (Wildman–Crippen LogP) is 4.07. The molecule has 1 aliphatic rings. The summed E-state index contributed by atoms with van der Waals surface area (Å²) in [7, 11) is 3.75. The van der Waals surface area contributed by atoms with E-state index in [4.69, 9.17) is 16.2 Å². The van der Waals surface area contributed by atoms with Crippen molar-refractivity contribution < 1.29 is 9.53 Å². The van der Waals surface area contributed by atoms with Gasteiger partial charge in [0.15, 0.2) is 11.0 Å². The van der Waals surface area contributed by atoms with E-state index in [9.17, 15) is 4.79 Å². The van der Waals surface area contributed by atoms with E-state index >= 15 is 0 Å². The van der Waals surface area contributed by atoms with Crippen molar-refractivity contribution in [3.05, 3.63) is 36.0 Å². The average Bonchev–Trinajstić information content (AvgIpc) is 3.31. The van der Waals surface area contributed by atoms with Crippen LogP contribution in [0.3, 0.4) is 0 Å². The number of amides is 1. The zero-order chi connectivity index (χ0) is 24.7. The van der Waals surface area contributed by atoms with Gasteiger partial charge in [-0.05, 0) is 68.8 Å². The molecule has 5 N–H and O–H groups in total. The van der Waals surface area contributed by atoms with Gasteiger partial charge in [-0.15, -0.1) is 0 Å². The SMILES string of the molecule is CCOc1c(/N=C(N)/C=C(/C)N)nc(Sc2ccc(NC(=O)C3CCCC3)cc2)nc1N(C)C. The van der Waals surface area contributed by atoms with Crippen molar-refractivity contribution in [3.63, 3.8) is 0 Å². The van der Waals surface area contributed by atoms with Crippen molar-refractivity contribution in [2.45, 2.75) is 49.6 Å². The molecule has 1 saturated carbocycles. The highest BCUT2D eigenvalue weighted by Crippen LogP contribution is 2.38. The summed E-state index contributed by atoms with van der Waals surface area (Å²) in [5.41, 5.74) is 13.1. The Morgan fingerprint density at radius 3 is 2.50 bits per heavy atom. The Kier molecular flexibility index (Phi) is 8.75. The fourth-order valence-electron chi connectivity index (χ4n) is 3.64. The molecule has 9 nitrogen and oxygen atoms in total. The third-order valence-electron chi connectivity index (χ3n) is 5.19. The van der Waals surface area contributed by atoms with E-state index in [0.717, 1.165) is 36.3 Å². The Morgan fingerprint density at radius 1 is 1.24 bits per heavy atom. The van der Waals surface area contributed by atoms with Crippen LogP contribution in [0.2, 0.25) is 0 Å². The summed E-state index contributed by atoms with van der Waals surface area (Å²) in [4.78, 5) is 28.8. The number of carbonyl (C=O) groups excluding carboxylic acids is 1. The first kappa shape index (κ1) is 25.4. The lowest BCUT2D eigenvalue weighted by Crippen LogP contribution is -2.20. The molecule has 182 valence electrons. The number of hydrogen-bond donors (Lipinski definition) is 3. The minimum Gasteiger partial charge on any atom is -0.487 e. The van der Waals surface area contributed by atoms with Gasteiger partial charge >= 0.3 is 0 Å². The largest absolute Gasteiger partial charge is 0.487 e. The molecule has 2 aromatic rings. The van der Waals surface area contributed by atoms with E-state index in [0.29, 0.717) is 34.8 Å². The van der Waals surface area contributed by atoms with Gasteiger partial charge < -0.3 is 26.4 Å². The molecule has 34 heavy (non-hydrogen) atoms. The van der Waals surface area contributed by atoms with Crippen molar-refractivity contribution in [3.8, 4) is 5.75 Å². The molecule has 3 rings (SSSR count). The lowest BCUT2D eigenvalue weighted by atomic mass is 10.1. The van der Waals surface area contributed by atoms with Crippen molar-refractivity contribution in [2.75, 3.05) is 30.9 Å². The molecule has 0 bridgehead atoms. The quantitative estimate of drug-likeness (QED) is 0.276. The highest BCUT2D eigenvalue weighted by molar-refractivity contribution is 7.99. The standard InChI is InChI=1S/C24H33N7O2S/c1-5-33-20-21(28-19(26)14-15(2)25)29-24(30-22(20)31(3)4)34-18-12-10-17(11-13-18)27-23(32)16-8-6-7-9-16/h10-14,16H,5-9,25H2,1-4H3,(H,27,32)(H2,26,28,29,30)/b15-14-. The number of allylic oxidation sites excluding steroid dienone is 1. The fraction of sp³-hybridized carbons (Fsp3) is 0.417. The van der Waals surface area contributed by atoms with Crippen LogP contribution in [0.25, 0.3) is 0 Å². The van der Waals surface area contributed by atoms with E-state index < -0.39 is 0 Å². The number of anilines is 2. The summed E-state index contributed by atoms with van der Waals surface area (Å²) in [6.07, 6.45) is 5.77. The van der Waals surface area contributed by atoms with E-state index in [1.165, 1.54) is 11.8 Å². The van der Waals surface area contributed by atoms with Crippen LogP contribution in [-0.4, -0.2) is 42.4 Å². The summed E-state index contributed by atoms with van der Waals surface area (Å²) >= 11 is 1.39. The topological polar surface area (TPSA) is 132 Å². The van der Waals surface area contributed by atoms with E-state index in [1.807, 2.05) is 50.2 Å². The Labute approximate surface area is 205 Å². The number of benzene rings is 1. The Hall–Kier alpha value is -3.27. The number of hydrogen-bond acceptors (Lipinski definition) is 8. The molecule has 0 atom stereocenters. The van der Waals surface area contributed by atoms with Crippen LogP contribution in [0.4, 0.5) is 17.3 Å². The number of amidine groups is 1. The van der Waals surface area contributed by atoms with E-state index in [1.54, 1.807) is 13.0 Å². The highest BCUT2D eigenvalue weighted by atomic mass is 32.2. The monoisotopic (exact) mass is 483 g/mol. The second-order valence-corrected chi connectivity index (χ2v) is 9.37. The third-order valence-corrected chi connectivity index (χ3v) is 6.06. The third kappa shape index (κ3) is 6.86. The van der Waals surface area contributed by atoms with Crippen molar-refractivity contribution in [2.24, 2.45) is 22.4 Å². The Bertz CT molecular complexity index is 1060. The first-order chi connectivity index (χ1) is 16.3. The maximum absolute atomic E-state index is 12.4. The normalized spacial score (nSPS) is 14.8. The molecule has 1 amide bonds. The summed E-state index contributed by atoms with van der Waals surface area (Å²) in [5.74, 6) is 1.83. The second kappa shape index (κ2) is 11.7. The number of nitrogens with one attached hydrogen (secondary N) is 1. The molecule has 1 aromatic carbocycles. The molecule has 0 saturated heterocycles. The van der Waals surface area contributed by atoms with Crippen molar-refractivity contribution in [1.29, 1.82) is 0 Å². The van der Waals surface area contributed by atoms with Crippen LogP contribution in [0, 0.1) is 5.92 Å². The molecule has 1 aliphatic carbocycles. The number of nitrogens with two attached hydrogens (primary N) is 2. The number of ether oxygens (including phenoxy) is 1. The maximum atomic E-state index is 12.4. The van der Waals surface area contributed by atoms with E-state index in [2.05, 4.69) is 20.3 Å². The maximum Gasteiger partial charge on any atom is 0.227 e. The number of rotatable bonds is 9. The zero-order valence-electron chi connectivity index (χ0n) is 20.2. The number of aliphatic imine (C=N–C) groups is 1. The lowest BCUT2D eigenvalue weighted by Gasteiger charge is -2.18. The Balaban J connectivity index is 1.85. The molecular formula is C24H33N7O2S. The smallest absolute Gasteiger partial charge is 0.227 e. The summed E-state index contributed by atoms with van der Waals surface area (Å²) in [5, 5.41) is 3.51. The van der Waals surface area contributed by atoms with Crippen LogP contribution in [0.5, 0.6) is 5.75 Å². The van der Waals surface area contributed by atoms with Gasteiger partial charge in [0.1, 0.15) is 5.84 Å². The van der Waals surface area contributed by atoms with Crippen LogP contribution in [0.1, 0.15) is 39.5 Å². The van der Waals surface area contributed by atoms with Crippen molar-refractivity contribution >= 4 is 40.8 Å². The molecule has 0 spiro atoms. The molecule has 1 heterocycles. The van der Waals surface area contributed by atoms with Crippen molar-refractivity contribution in [1.82, 2.24) is 9.97 Å². The summed E-state index contributed by atoms with van der Waals surface area (Å²) in [6.45, 7) is 4.05. The van der Waals surface area contributed by atoms with Gasteiger partial charge in [-0.1, -0.05) is 12.8 Å². The van der Waals surface area contributed by atoms with Crippen LogP contribution in [-0.2, 0) is 4.79 Å². The first-order valence-corrected chi connectivity index (χ1v) is 12.2. The second-order valence-electron chi connectivity index (χ2n) is 8.33. The van der Waals surface area contributed by atoms with Gasteiger partial charge in [0, 0.05) is 36.3 Å². The lowest BCUT2D eigenvalue weighted by molar-refractivity contribution is -0.119. The van der Waals surface area contributed by atoms with Crippen LogP contribution >= 0.6 is 11.8 Å². The summed E-state index contributed by atoms with van der Waals surface area (Å²) in [6, 6.07) is 7.65. The molecule has 0 aliphatic heterocycles. The van der Waals surface area contributed by atoms with Gasteiger partial charge in [-0.3, -0.25) is 4.79 Å². The van der Waals surface area contributed by atoms with Gasteiger partial charge in [-0.2, -0.15) is 4.98 Å². The van der Waals surface area contributed by atoms with Gasteiger partial charge in [-0.25, -0.2) is 9.98 Å². The van der Waals surface area contributed by atoms with Gasteiger partial charge in [0.2, 0.25) is 17.5 Å². The Morgan fingerprint density at radius 2 is 1.91 bits per heavy atom.